The normalized spacial score (nSPS) is 12.2. The third-order valence-corrected chi connectivity index (χ3v) is 2.55. The van der Waals surface area contributed by atoms with Gasteiger partial charge in [0.2, 0.25) is 0 Å². The number of halogens is 1. The fourth-order valence-corrected chi connectivity index (χ4v) is 1.73. The zero-order valence-electron chi connectivity index (χ0n) is 10.00. The maximum atomic E-state index is 10.7. The lowest BCUT2D eigenvalue weighted by molar-refractivity contribution is -0.119. The van der Waals surface area contributed by atoms with E-state index in [1.807, 2.05) is 19.9 Å². The molecule has 0 aromatic heterocycles. The molecular weight excluding hydrogens is 240 g/mol. The molecular formula is C12H17ClN2O2. The molecule has 3 N–H and O–H groups in total. The van der Waals surface area contributed by atoms with E-state index in [-0.39, 0.29) is 12.6 Å². The summed E-state index contributed by atoms with van der Waals surface area (Å²) in [5, 5.41) is 3.90. The zero-order chi connectivity index (χ0) is 12.8. The number of nitrogens with one attached hydrogen (secondary N) is 1. The Bertz CT molecular complexity index is 396. The maximum Gasteiger partial charge on any atom is 0.255 e. The van der Waals surface area contributed by atoms with Gasteiger partial charge in [-0.1, -0.05) is 18.5 Å². The van der Waals surface area contributed by atoms with Crippen LogP contribution in [0.25, 0.3) is 0 Å². The topological polar surface area (TPSA) is 64.3 Å². The minimum absolute atomic E-state index is 0.0987. The summed E-state index contributed by atoms with van der Waals surface area (Å²) in [6.07, 6.45) is 0. The van der Waals surface area contributed by atoms with Gasteiger partial charge in [-0.25, -0.2) is 0 Å². The summed E-state index contributed by atoms with van der Waals surface area (Å²) in [5.74, 6) is 0.128. The van der Waals surface area contributed by atoms with Crippen LogP contribution in [0.1, 0.15) is 25.5 Å². The van der Waals surface area contributed by atoms with Crippen LogP contribution in [0.5, 0.6) is 5.75 Å². The molecule has 0 aliphatic heterocycles. The zero-order valence-corrected chi connectivity index (χ0v) is 10.8. The molecule has 0 spiro atoms. The molecule has 1 unspecified atom stereocenters. The van der Waals surface area contributed by atoms with Crippen molar-refractivity contribution in [3.63, 3.8) is 0 Å². The fraction of sp³-hybridized carbons (Fsp3) is 0.417. The minimum Gasteiger partial charge on any atom is -0.483 e. The van der Waals surface area contributed by atoms with Crippen molar-refractivity contribution < 1.29 is 9.53 Å². The van der Waals surface area contributed by atoms with Gasteiger partial charge < -0.3 is 15.8 Å². The second-order valence-corrected chi connectivity index (χ2v) is 4.15. The van der Waals surface area contributed by atoms with E-state index in [0.717, 1.165) is 12.1 Å². The van der Waals surface area contributed by atoms with E-state index in [1.54, 1.807) is 12.1 Å². The predicted molar refractivity (Wildman–Crippen MR) is 68.2 cm³/mol. The van der Waals surface area contributed by atoms with E-state index >= 15 is 0 Å². The molecule has 0 bridgehead atoms. The molecule has 1 aromatic carbocycles. The van der Waals surface area contributed by atoms with Crippen LogP contribution in [0.2, 0.25) is 5.02 Å². The molecule has 0 saturated heterocycles. The lowest BCUT2D eigenvalue weighted by Crippen LogP contribution is -2.22. The molecule has 0 radical (unpaired) electrons. The molecule has 0 fully saturated rings. The number of hydrogen-bond acceptors (Lipinski definition) is 3. The van der Waals surface area contributed by atoms with E-state index in [1.165, 1.54) is 0 Å². The van der Waals surface area contributed by atoms with Crippen molar-refractivity contribution in [2.45, 2.75) is 19.9 Å². The summed E-state index contributed by atoms with van der Waals surface area (Å²) < 4.78 is 5.35. The molecule has 0 aliphatic carbocycles. The maximum absolute atomic E-state index is 10.7. The van der Waals surface area contributed by atoms with Gasteiger partial charge in [-0.2, -0.15) is 0 Å². The average molecular weight is 257 g/mol. The summed E-state index contributed by atoms with van der Waals surface area (Å²) in [4.78, 5) is 10.7. The SMILES string of the molecule is CCNC(C)c1cc(Cl)ccc1OCC(N)=O. The van der Waals surface area contributed by atoms with Crippen LogP contribution < -0.4 is 15.8 Å². The van der Waals surface area contributed by atoms with Crippen molar-refractivity contribution in [2.75, 3.05) is 13.2 Å². The molecule has 1 rings (SSSR count). The monoisotopic (exact) mass is 256 g/mol. The molecule has 1 aromatic rings. The number of carbonyl (C=O) groups is 1. The molecule has 17 heavy (non-hydrogen) atoms. The summed E-state index contributed by atoms with van der Waals surface area (Å²) in [6.45, 7) is 4.73. The van der Waals surface area contributed by atoms with Crippen molar-refractivity contribution in [1.29, 1.82) is 0 Å². The Morgan fingerprint density at radius 2 is 2.29 bits per heavy atom. The Hall–Kier alpha value is -1.26. The smallest absolute Gasteiger partial charge is 0.255 e. The summed E-state index contributed by atoms with van der Waals surface area (Å²) in [7, 11) is 0. The molecule has 5 heteroatoms. The molecule has 0 aliphatic rings. The fourth-order valence-electron chi connectivity index (χ4n) is 1.55. The van der Waals surface area contributed by atoms with Gasteiger partial charge in [0.15, 0.2) is 6.61 Å². The van der Waals surface area contributed by atoms with Crippen LogP contribution in [0.3, 0.4) is 0 Å². The number of primary amides is 1. The van der Waals surface area contributed by atoms with Crippen molar-refractivity contribution in [1.82, 2.24) is 5.32 Å². The minimum atomic E-state index is -0.498. The summed E-state index contributed by atoms with van der Waals surface area (Å²) in [6, 6.07) is 5.39. The van der Waals surface area contributed by atoms with Crippen molar-refractivity contribution >= 4 is 17.5 Å². The quantitative estimate of drug-likeness (QED) is 0.817. The highest BCUT2D eigenvalue weighted by Gasteiger charge is 2.12. The highest BCUT2D eigenvalue weighted by molar-refractivity contribution is 6.30. The first-order valence-electron chi connectivity index (χ1n) is 5.48. The Balaban J connectivity index is 2.90. The van der Waals surface area contributed by atoms with E-state index < -0.39 is 5.91 Å². The van der Waals surface area contributed by atoms with E-state index in [2.05, 4.69) is 5.32 Å². The van der Waals surface area contributed by atoms with Crippen LogP contribution in [0.15, 0.2) is 18.2 Å². The molecule has 1 amide bonds. The number of benzene rings is 1. The number of ether oxygens (including phenoxy) is 1. The lowest BCUT2D eigenvalue weighted by Gasteiger charge is -2.17. The Labute approximate surface area is 106 Å². The van der Waals surface area contributed by atoms with Crippen LogP contribution >= 0.6 is 11.6 Å². The largest absolute Gasteiger partial charge is 0.483 e. The standard InChI is InChI=1S/C12H17ClN2O2/c1-3-15-8(2)10-6-9(13)4-5-11(10)17-7-12(14)16/h4-6,8,15H,3,7H2,1-2H3,(H2,14,16). The molecule has 94 valence electrons. The Kier molecular flexibility index (Phi) is 5.25. The second-order valence-electron chi connectivity index (χ2n) is 3.72. The van der Waals surface area contributed by atoms with Gasteiger partial charge in [0.25, 0.3) is 5.91 Å². The van der Waals surface area contributed by atoms with Gasteiger partial charge in [-0.15, -0.1) is 0 Å². The van der Waals surface area contributed by atoms with Gasteiger partial charge in [0.1, 0.15) is 5.75 Å². The number of rotatable bonds is 6. The lowest BCUT2D eigenvalue weighted by atomic mass is 10.1. The molecule has 1 atom stereocenters. The Morgan fingerprint density at radius 3 is 2.88 bits per heavy atom. The first kappa shape index (κ1) is 13.8. The van der Waals surface area contributed by atoms with Crippen LogP contribution in [0, 0.1) is 0 Å². The Morgan fingerprint density at radius 1 is 1.59 bits per heavy atom. The van der Waals surface area contributed by atoms with E-state index in [4.69, 9.17) is 22.1 Å². The van der Waals surface area contributed by atoms with Gasteiger partial charge in [-0.05, 0) is 31.7 Å². The first-order chi connectivity index (χ1) is 8.04. The number of carbonyl (C=O) groups excluding carboxylic acids is 1. The predicted octanol–water partition coefficient (Wildman–Crippen LogP) is 1.87. The van der Waals surface area contributed by atoms with Crippen LogP contribution in [-0.2, 0) is 4.79 Å². The number of hydrogen-bond donors (Lipinski definition) is 2. The van der Waals surface area contributed by atoms with E-state index in [9.17, 15) is 4.79 Å². The first-order valence-corrected chi connectivity index (χ1v) is 5.86. The summed E-state index contributed by atoms with van der Waals surface area (Å²) >= 11 is 5.95. The van der Waals surface area contributed by atoms with Crippen LogP contribution in [-0.4, -0.2) is 19.1 Å². The molecule has 0 saturated carbocycles. The van der Waals surface area contributed by atoms with Gasteiger partial charge >= 0.3 is 0 Å². The van der Waals surface area contributed by atoms with Crippen LogP contribution in [0.4, 0.5) is 0 Å². The number of amides is 1. The highest BCUT2D eigenvalue weighted by Crippen LogP contribution is 2.28. The molecule has 0 heterocycles. The van der Waals surface area contributed by atoms with Gasteiger partial charge in [0.05, 0.1) is 0 Å². The molecule has 4 nitrogen and oxygen atoms in total. The summed E-state index contributed by atoms with van der Waals surface area (Å²) in [5.41, 5.74) is 5.97. The number of nitrogens with two attached hydrogens (primary N) is 1. The van der Waals surface area contributed by atoms with Gasteiger partial charge in [0, 0.05) is 16.6 Å². The van der Waals surface area contributed by atoms with Crippen molar-refractivity contribution in [3.05, 3.63) is 28.8 Å². The third kappa shape index (κ3) is 4.24. The van der Waals surface area contributed by atoms with Crippen molar-refractivity contribution in [2.24, 2.45) is 5.73 Å². The third-order valence-electron chi connectivity index (χ3n) is 2.32. The highest BCUT2D eigenvalue weighted by atomic mass is 35.5. The van der Waals surface area contributed by atoms with E-state index in [0.29, 0.717) is 10.8 Å². The van der Waals surface area contributed by atoms with Crippen molar-refractivity contribution in [3.8, 4) is 5.75 Å². The average Bonchev–Trinajstić information content (AvgIpc) is 2.27. The second kappa shape index (κ2) is 6.47. The van der Waals surface area contributed by atoms with Gasteiger partial charge in [-0.3, -0.25) is 4.79 Å².